The van der Waals surface area contributed by atoms with Crippen LogP contribution < -0.4 is 5.11 Å². The van der Waals surface area contributed by atoms with Crippen LogP contribution in [0, 0.1) is 0 Å². The molecule has 0 aliphatic carbocycles. The molecule has 170 valence electrons. The Morgan fingerprint density at radius 2 is 1.34 bits per heavy atom. The summed E-state index contributed by atoms with van der Waals surface area (Å²) in [5.74, 6) is -1.23. The minimum absolute atomic E-state index is 0.323. The van der Waals surface area contributed by atoms with Crippen molar-refractivity contribution in [3.05, 3.63) is 24.3 Å². The standard InChI is InChI=1S/C25H47NO3/c1-5-6-7-8-9-10-11-12-13-14-15-16-17-18-19-20-21-25(29,22-24(27)28)23-26(2,3)4/h18-21,29H,5-17,22-23H2,1-4H3. The molecule has 0 aliphatic rings. The summed E-state index contributed by atoms with van der Waals surface area (Å²) in [5, 5.41) is 21.5. The van der Waals surface area contributed by atoms with E-state index in [0.717, 1.165) is 6.42 Å². The molecule has 0 aliphatic heterocycles. The first-order valence-corrected chi connectivity index (χ1v) is 11.8. The topological polar surface area (TPSA) is 60.4 Å². The molecule has 4 heteroatoms. The Morgan fingerprint density at radius 3 is 1.79 bits per heavy atom. The minimum atomic E-state index is -1.38. The van der Waals surface area contributed by atoms with Crippen molar-refractivity contribution in [2.24, 2.45) is 0 Å². The third kappa shape index (κ3) is 19.9. The lowest BCUT2D eigenvalue weighted by Crippen LogP contribution is -2.50. The van der Waals surface area contributed by atoms with E-state index in [1.165, 1.54) is 77.0 Å². The number of hydrogen-bond acceptors (Lipinski definition) is 3. The fourth-order valence-electron chi connectivity index (χ4n) is 3.75. The van der Waals surface area contributed by atoms with E-state index >= 15 is 0 Å². The molecular weight excluding hydrogens is 362 g/mol. The van der Waals surface area contributed by atoms with Crippen LogP contribution in [0.5, 0.6) is 0 Å². The van der Waals surface area contributed by atoms with Gasteiger partial charge in [0.2, 0.25) is 0 Å². The number of unbranched alkanes of at least 4 members (excludes halogenated alkanes) is 12. The summed E-state index contributed by atoms with van der Waals surface area (Å²) < 4.78 is 0.483. The van der Waals surface area contributed by atoms with Crippen LogP contribution in [0.25, 0.3) is 0 Å². The van der Waals surface area contributed by atoms with Crippen molar-refractivity contribution in [2.75, 3.05) is 27.7 Å². The Morgan fingerprint density at radius 1 is 0.862 bits per heavy atom. The Bertz CT molecular complexity index is 465. The maximum absolute atomic E-state index is 10.9. The van der Waals surface area contributed by atoms with Crippen molar-refractivity contribution in [3.8, 4) is 0 Å². The Balaban J connectivity index is 3.81. The van der Waals surface area contributed by atoms with Gasteiger partial charge in [-0.25, -0.2) is 0 Å². The van der Waals surface area contributed by atoms with Crippen molar-refractivity contribution in [2.45, 2.75) is 102 Å². The van der Waals surface area contributed by atoms with Crippen LogP contribution >= 0.6 is 0 Å². The average molecular weight is 410 g/mol. The largest absolute Gasteiger partial charge is 0.550 e. The summed E-state index contributed by atoms with van der Waals surface area (Å²) in [6.45, 7) is 2.59. The van der Waals surface area contributed by atoms with Crippen LogP contribution in [0.15, 0.2) is 24.3 Å². The number of carbonyl (C=O) groups excluding carboxylic acids is 1. The highest BCUT2D eigenvalue weighted by molar-refractivity contribution is 5.66. The van der Waals surface area contributed by atoms with E-state index in [0.29, 0.717) is 11.0 Å². The summed E-state index contributed by atoms with van der Waals surface area (Å²) in [6.07, 6.45) is 24.2. The maximum atomic E-state index is 10.9. The van der Waals surface area contributed by atoms with E-state index in [4.69, 9.17) is 0 Å². The number of aliphatic hydroxyl groups is 1. The molecule has 1 N–H and O–H groups in total. The molecule has 29 heavy (non-hydrogen) atoms. The fourth-order valence-corrected chi connectivity index (χ4v) is 3.75. The predicted octanol–water partition coefficient (Wildman–Crippen LogP) is 4.77. The van der Waals surface area contributed by atoms with Gasteiger partial charge in [0.1, 0.15) is 12.1 Å². The van der Waals surface area contributed by atoms with Crippen molar-refractivity contribution in [1.82, 2.24) is 0 Å². The van der Waals surface area contributed by atoms with E-state index in [2.05, 4.69) is 13.0 Å². The zero-order chi connectivity index (χ0) is 22.0. The monoisotopic (exact) mass is 409 g/mol. The Kier molecular flexibility index (Phi) is 16.0. The van der Waals surface area contributed by atoms with Gasteiger partial charge in [0.05, 0.1) is 21.1 Å². The number of quaternary nitrogens is 1. The lowest BCUT2D eigenvalue weighted by Gasteiger charge is -2.34. The maximum Gasteiger partial charge on any atom is 0.137 e. The summed E-state index contributed by atoms with van der Waals surface area (Å²) in [5.41, 5.74) is -1.38. The van der Waals surface area contributed by atoms with Gasteiger partial charge >= 0.3 is 0 Å². The highest BCUT2D eigenvalue weighted by Gasteiger charge is 2.30. The van der Waals surface area contributed by atoms with Gasteiger partial charge in [-0.3, -0.25) is 0 Å². The van der Waals surface area contributed by atoms with E-state index in [9.17, 15) is 15.0 Å². The predicted molar refractivity (Wildman–Crippen MR) is 121 cm³/mol. The number of aliphatic carboxylic acids is 1. The molecule has 0 saturated carbocycles. The van der Waals surface area contributed by atoms with Crippen LogP contribution in [0.1, 0.15) is 96.8 Å². The van der Waals surface area contributed by atoms with E-state index in [-0.39, 0.29) is 6.42 Å². The number of carboxylic acid groups (broad SMARTS) is 1. The first-order chi connectivity index (χ1) is 13.7. The Hall–Kier alpha value is -1.13. The van der Waals surface area contributed by atoms with Crippen LogP contribution in [-0.2, 0) is 4.79 Å². The molecule has 0 aromatic carbocycles. The van der Waals surface area contributed by atoms with Gasteiger partial charge in [0.25, 0.3) is 0 Å². The summed E-state index contributed by atoms with van der Waals surface area (Å²) >= 11 is 0. The second-order valence-electron chi connectivity index (χ2n) is 9.57. The molecule has 0 saturated heterocycles. The molecule has 0 aromatic heterocycles. The van der Waals surface area contributed by atoms with E-state index in [1.54, 1.807) is 12.2 Å². The lowest BCUT2D eigenvalue weighted by molar-refractivity contribution is -0.876. The van der Waals surface area contributed by atoms with Crippen LogP contribution in [0.3, 0.4) is 0 Å². The normalized spacial score (nSPS) is 14.7. The zero-order valence-corrected chi connectivity index (χ0v) is 19.6. The number of rotatable bonds is 19. The number of nitrogens with zero attached hydrogens (tertiary/aromatic N) is 1. The molecule has 0 aromatic rings. The van der Waals surface area contributed by atoms with Crippen molar-refractivity contribution in [1.29, 1.82) is 0 Å². The third-order valence-corrected chi connectivity index (χ3v) is 5.08. The molecule has 0 rings (SSSR count). The third-order valence-electron chi connectivity index (χ3n) is 5.08. The quantitative estimate of drug-likeness (QED) is 0.190. The molecule has 1 atom stereocenters. The van der Waals surface area contributed by atoms with Crippen LogP contribution in [0.4, 0.5) is 0 Å². The zero-order valence-electron chi connectivity index (χ0n) is 19.6. The minimum Gasteiger partial charge on any atom is -0.550 e. The second-order valence-corrected chi connectivity index (χ2v) is 9.57. The van der Waals surface area contributed by atoms with Gasteiger partial charge < -0.3 is 19.5 Å². The summed E-state index contributed by atoms with van der Waals surface area (Å²) in [4.78, 5) is 10.9. The molecule has 0 fully saturated rings. The van der Waals surface area contributed by atoms with Gasteiger partial charge in [0.15, 0.2) is 0 Å². The first-order valence-electron chi connectivity index (χ1n) is 11.8. The highest BCUT2D eigenvalue weighted by Crippen LogP contribution is 2.16. The van der Waals surface area contributed by atoms with Gasteiger partial charge in [-0.2, -0.15) is 0 Å². The number of likely N-dealkylation sites (N-methyl/N-ethyl adjacent to an activating group) is 1. The van der Waals surface area contributed by atoms with Crippen LogP contribution in [0.2, 0.25) is 0 Å². The van der Waals surface area contributed by atoms with Crippen LogP contribution in [-0.4, -0.2) is 48.8 Å². The average Bonchev–Trinajstić information content (AvgIpc) is 2.59. The summed E-state index contributed by atoms with van der Waals surface area (Å²) in [6, 6.07) is 0. The number of carbonyl (C=O) groups is 1. The van der Waals surface area contributed by atoms with Crippen molar-refractivity contribution in [3.63, 3.8) is 0 Å². The molecule has 0 radical (unpaired) electrons. The van der Waals surface area contributed by atoms with Crippen molar-refractivity contribution >= 4 is 5.97 Å². The summed E-state index contributed by atoms with van der Waals surface area (Å²) in [7, 11) is 5.78. The Labute approximate surface area is 180 Å². The van der Waals surface area contributed by atoms with Gasteiger partial charge in [-0.05, 0) is 18.9 Å². The van der Waals surface area contributed by atoms with Gasteiger partial charge in [0, 0.05) is 12.4 Å². The number of allylic oxidation sites excluding steroid dienone is 3. The number of carboxylic acids is 1. The molecular formula is C25H47NO3. The highest BCUT2D eigenvalue weighted by atomic mass is 16.4. The smallest absolute Gasteiger partial charge is 0.137 e. The lowest BCUT2D eigenvalue weighted by atomic mass is 9.97. The molecule has 1 unspecified atom stereocenters. The molecule has 4 nitrogen and oxygen atoms in total. The molecule has 0 heterocycles. The molecule has 0 bridgehead atoms. The van der Waals surface area contributed by atoms with E-state index < -0.39 is 11.6 Å². The first kappa shape index (κ1) is 27.9. The number of hydrogen-bond donors (Lipinski definition) is 1. The molecule has 0 amide bonds. The van der Waals surface area contributed by atoms with Gasteiger partial charge in [-0.1, -0.05) is 95.8 Å². The second kappa shape index (κ2) is 16.6. The van der Waals surface area contributed by atoms with Crippen molar-refractivity contribution < 1.29 is 19.5 Å². The van der Waals surface area contributed by atoms with E-state index in [1.807, 2.05) is 27.2 Å². The van der Waals surface area contributed by atoms with Gasteiger partial charge in [-0.15, -0.1) is 0 Å². The molecule has 0 spiro atoms. The SMILES string of the molecule is CCCCCCCCCCCCCCC=CC=CC(O)(CC(=O)[O-])C[N+](C)(C)C. The fraction of sp³-hybridized carbons (Fsp3) is 0.800.